The lowest BCUT2D eigenvalue weighted by atomic mass is 9.70. The van der Waals surface area contributed by atoms with Gasteiger partial charge in [0.25, 0.3) is 0 Å². The molecule has 5 nitrogen and oxygen atoms in total. The van der Waals surface area contributed by atoms with Crippen LogP contribution in [0.2, 0.25) is 0 Å². The van der Waals surface area contributed by atoms with Crippen LogP contribution in [0.3, 0.4) is 0 Å². The number of hydrogen-bond acceptors (Lipinski definition) is 5. The monoisotopic (exact) mass is 410 g/mol. The Hall–Kier alpha value is -0.980. The van der Waals surface area contributed by atoms with Gasteiger partial charge in [-0.05, 0) is 87.0 Å². The summed E-state index contributed by atoms with van der Waals surface area (Å²) in [5.74, 6) is 0.951. The normalized spacial score (nSPS) is 29.3. The molecule has 25 heavy (non-hydrogen) atoms. The second kappa shape index (κ2) is 7.33. The number of carbonyl (C=O) groups is 1. The van der Waals surface area contributed by atoms with Crippen LogP contribution in [0.5, 0.6) is 0 Å². The standard InChI is InChI=1S/C19H27BrN2O3/c1-18(2,3)25-16(23)12-24-19(15-5-4-8-22-17(15)20)7-6-13-10-21-11-14(13)9-19/h4-5,8,13-14,21H,6-7,9-12H2,1-3H3. The molecule has 3 unspecified atom stereocenters. The van der Waals surface area contributed by atoms with Gasteiger partial charge < -0.3 is 14.8 Å². The van der Waals surface area contributed by atoms with Crippen molar-refractivity contribution in [1.82, 2.24) is 10.3 Å². The smallest absolute Gasteiger partial charge is 0.332 e. The van der Waals surface area contributed by atoms with Crippen molar-refractivity contribution in [2.75, 3.05) is 19.7 Å². The first-order valence-corrected chi connectivity index (χ1v) is 9.76. The van der Waals surface area contributed by atoms with E-state index in [4.69, 9.17) is 9.47 Å². The number of rotatable bonds is 4. The van der Waals surface area contributed by atoms with Crippen LogP contribution in [0, 0.1) is 11.8 Å². The fraction of sp³-hybridized carbons (Fsp3) is 0.684. The molecule has 1 saturated carbocycles. The minimum Gasteiger partial charge on any atom is -0.458 e. The Bertz CT molecular complexity index is 631. The average molecular weight is 411 g/mol. The van der Waals surface area contributed by atoms with E-state index in [1.807, 2.05) is 26.8 Å². The third-order valence-corrected chi connectivity index (χ3v) is 5.76. The summed E-state index contributed by atoms with van der Waals surface area (Å²) in [4.78, 5) is 16.6. The molecule has 1 N–H and O–H groups in total. The van der Waals surface area contributed by atoms with E-state index in [2.05, 4.69) is 32.3 Å². The van der Waals surface area contributed by atoms with Crippen LogP contribution in [0.1, 0.15) is 45.6 Å². The minimum atomic E-state index is -0.504. The number of esters is 1. The van der Waals surface area contributed by atoms with Gasteiger partial charge in [-0.15, -0.1) is 0 Å². The topological polar surface area (TPSA) is 60.5 Å². The molecule has 1 aliphatic heterocycles. The SMILES string of the molecule is CC(C)(C)OC(=O)COC1(c2cccnc2Br)CCC2CNCC2C1. The highest BCUT2D eigenvalue weighted by Crippen LogP contribution is 2.48. The lowest BCUT2D eigenvalue weighted by molar-refractivity contribution is -0.172. The molecular formula is C19H27BrN2O3. The molecule has 0 bridgehead atoms. The summed E-state index contributed by atoms with van der Waals surface area (Å²) < 4.78 is 12.5. The summed E-state index contributed by atoms with van der Waals surface area (Å²) in [6.07, 6.45) is 4.64. The highest BCUT2D eigenvalue weighted by molar-refractivity contribution is 9.10. The van der Waals surface area contributed by atoms with Crippen LogP contribution in [0.25, 0.3) is 0 Å². The molecule has 0 radical (unpaired) electrons. The first-order valence-electron chi connectivity index (χ1n) is 8.97. The Morgan fingerprint density at radius 3 is 2.88 bits per heavy atom. The van der Waals surface area contributed by atoms with Gasteiger partial charge in [-0.25, -0.2) is 9.78 Å². The Balaban J connectivity index is 1.80. The van der Waals surface area contributed by atoms with Crippen LogP contribution < -0.4 is 5.32 Å². The Morgan fingerprint density at radius 2 is 2.16 bits per heavy atom. The van der Waals surface area contributed by atoms with Crippen molar-refractivity contribution >= 4 is 21.9 Å². The van der Waals surface area contributed by atoms with Crippen LogP contribution in [-0.2, 0) is 19.9 Å². The lowest BCUT2D eigenvalue weighted by Gasteiger charge is -2.42. The quantitative estimate of drug-likeness (QED) is 0.608. The first kappa shape index (κ1) is 18.8. The maximum Gasteiger partial charge on any atom is 0.332 e. The van der Waals surface area contributed by atoms with Gasteiger partial charge >= 0.3 is 5.97 Å². The van der Waals surface area contributed by atoms with E-state index < -0.39 is 11.2 Å². The van der Waals surface area contributed by atoms with E-state index in [9.17, 15) is 4.79 Å². The van der Waals surface area contributed by atoms with E-state index in [0.717, 1.165) is 42.5 Å². The zero-order valence-corrected chi connectivity index (χ0v) is 16.8. The van der Waals surface area contributed by atoms with Crippen molar-refractivity contribution < 1.29 is 14.3 Å². The Labute approximate surface area is 158 Å². The van der Waals surface area contributed by atoms with Crippen LogP contribution >= 0.6 is 15.9 Å². The van der Waals surface area contributed by atoms with E-state index in [1.54, 1.807) is 6.20 Å². The third-order valence-electron chi connectivity index (χ3n) is 5.13. The van der Waals surface area contributed by atoms with Crippen LogP contribution in [0.4, 0.5) is 0 Å². The van der Waals surface area contributed by atoms with Crippen molar-refractivity contribution in [3.63, 3.8) is 0 Å². The predicted molar refractivity (Wildman–Crippen MR) is 99.1 cm³/mol. The number of ether oxygens (including phenoxy) is 2. The number of pyridine rings is 1. The summed E-state index contributed by atoms with van der Waals surface area (Å²) in [5, 5.41) is 3.49. The number of nitrogens with one attached hydrogen (secondary N) is 1. The van der Waals surface area contributed by atoms with Crippen LogP contribution in [-0.4, -0.2) is 36.3 Å². The van der Waals surface area contributed by atoms with Gasteiger partial charge in [0.1, 0.15) is 16.8 Å². The van der Waals surface area contributed by atoms with Gasteiger partial charge in [-0.3, -0.25) is 0 Å². The number of aromatic nitrogens is 1. The van der Waals surface area contributed by atoms with E-state index in [0.29, 0.717) is 11.8 Å². The maximum atomic E-state index is 12.2. The van der Waals surface area contributed by atoms with Gasteiger partial charge in [0, 0.05) is 11.8 Å². The maximum absolute atomic E-state index is 12.2. The molecule has 138 valence electrons. The molecule has 3 rings (SSSR count). The van der Waals surface area contributed by atoms with Gasteiger partial charge in [0.05, 0.1) is 5.60 Å². The van der Waals surface area contributed by atoms with Crippen molar-refractivity contribution in [2.24, 2.45) is 11.8 Å². The molecule has 1 saturated heterocycles. The number of carbonyl (C=O) groups excluding carboxylic acids is 1. The molecule has 2 fully saturated rings. The second-order valence-corrected chi connectivity index (χ2v) is 8.88. The lowest BCUT2D eigenvalue weighted by Crippen LogP contribution is -2.41. The van der Waals surface area contributed by atoms with Crippen molar-refractivity contribution in [2.45, 2.75) is 51.2 Å². The highest BCUT2D eigenvalue weighted by Gasteiger charge is 2.46. The van der Waals surface area contributed by atoms with E-state index in [1.165, 1.54) is 0 Å². The average Bonchev–Trinajstić information content (AvgIpc) is 2.99. The van der Waals surface area contributed by atoms with Crippen molar-refractivity contribution in [3.05, 3.63) is 28.5 Å². The molecule has 1 aliphatic carbocycles. The number of hydrogen-bond donors (Lipinski definition) is 1. The summed E-state index contributed by atoms with van der Waals surface area (Å²) in [5.41, 5.74) is 0.0381. The van der Waals surface area contributed by atoms with Crippen LogP contribution in [0.15, 0.2) is 22.9 Å². The van der Waals surface area contributed by atoms with Gasteiger partial charge in [0.15, 0.2) is 0 Å². The number of halogens is 1. The molecule has 6 heteroatoms. The predicted octanol–water partition coefficient (Wildman–Crippen LogP) is 3.42. The molecule has 2 aliphatic rings. The molecular weight excluding hydrogens is 384 g/mol. The van der Waals surface area contributed by atoms with Crippen molar-refractivity contribution in [1.29, 1.82) is 0 Å². The first-order chi connectivity index (χ1) is 11.8. The number of nitrogens with zero attached hydrogens (tertiary/aromatic N) is 1. The zero-order valence-electron chi connectivity index (χ0n) is 15.2. The fourth-order valence-electron chi connectivity index (χ4n) is 4.06. The van der Waals surface area contributed by atoms with Crippen molar-refractivity contribution in [3.8, 4) is 0 Å². The second-order valence-electron chi connectivity index (χ2n) is 8.13. The summed E-state index contributed by atoms with van der Waals surface area (Å²) >= 11 is 3.57. The van der Waals surface area contributed by atoms with E-state index in [-0.39, 0.29) is 12.6 Å². The zero-order chi connectivity index (χ0) is 18.1. The van der Waals surface area contributed by atoms with Gasteiger partial charge in [-0.2, -0.15) is 0 Å². The van der Waals surface area contributed by atoms with Gasteiger partial charge in [-0.1, -0.05) is 6.07 Å². The van der Waals surface area contributed by atoms with Gasteiger partial charge in [0.2, 0.25) is 0 Å². The summed E-state index contributed by atoms with van der Waals surface area (Å²) in [7, 11) is 0. The highest BCUT2D eigenvalue weighted by atomic mass is 79.9. The molecule has 1 aromatic rings. The largest absolute Gasteiger partial charge is 0.458 e. The fourth-order valence-corrected chi connectivity index (χ4v) is 4.67. The summed E-state index contributed by atoms with van der Waals surface area (Å²) in [6, 6.07) is 3.98. The molecule has 0 spiro atoms. The molecule has 0 amide bonds. The third kappa shape index (κ3) is 4.41. The minimum absolute atomic E-state index is 0.0383. The number of fused-ring (bicyclic) bond motifs is 1. The summed E-state index contributed by atoms with van der Waals surface area (Å²) in [6.45, 7) is 7.67. The molecule has 2 heterocycles. The molecule has 0 aromatic carbocycles. The Kier molecular flexibility index (Phi) is 5.51. The Morgan fingerprint density at radius 1 is 1.40 bits per heavy atom. The molecule has 3 atom stereocenters. The molecule has 1 aromatic heterocycles. The van der Waals surface area contributed by atoms with E-state index >= 15 is 0 Å².